The van der Waals surface area contributed by atoms with E-state index in [-0.39, 0.29) is 22.4 Å². The van der Waals surface area contributed by atoms with Gasteiger partial charge in [0.1, 0.15) is 6.10 Å². The number of oxime groups is 1. The van der Waals surface area contributed by atoms with E-state index in [1.54, 1.807) is 13.8 Å². The van der Waals surface area contributed by atoms with Crippen LogP contribution in [0.3, 0.4) is 0 Å². The molecule has 0 aromatic rings. The van der Waals surface area contributed by atoms with Gasteiger partial charge in [-0.2, -0.15) is 8.42 Å². The SMILES string of the molecule is CC1=C(C2=NOC(CCl)C2)C(C)C(=S(=O)=O)C=C1C(=O)O. The fourth-order valence-corrected chi connectivity index (χ4v) is 3.32. The number of rotatable bonds is 3. The summed E-state index contributed by atoms with van der Waals surface area (Å²) in [6.45, 7) is 3.35. The Bertz CT molecular complexity index is 709. The number of carboxylic acids is 1. The van der Waals surface area contributed by atoms with Crippen LogP contribution in [0.1, 0.15) is 20.3 Å². The molecule has 0 spiro atoms. The molecular formula is C13H14ClNO5S. The Morgan fingerprint density at radius 2 is 2.24 bits per heavy atom. The van der Waals surface area contributed by atoms with Crippen molar-refractivity contribution < 1.29 is 23.2 Å². The fourth-order valence-electron chi connectivity index (χ4n) is 2.54. The molecule has 8 heteroatoms. The summed E-state index contributed by atoms with van der Waals surface area (Å²) in [5.74, 6) is -1.38. The van der Waals surface area contributed by atoms with Gasteiger partial charge >= 0.3 is 5.97 Å². The Kier molecular flexibility index (Phi) is 4.53. The van der Waals surface area contributed by atoms with Gasteiger partial charge in [0.25, 0.3) is 0 Å². The smallest absolute Gasteiger partial charge is 0.336 e. The average Bonchev–Trinajstić information content (AvgIpc) is 2.86. The summed E-state index contributed by atoms with van der Waals surface area (Å²) in [4.78, 5) is 16.5. The monoisotopic (exact) mass is 331 g/mol. The van der Waals surface area contributed by atoms with Crippen LogP contribution >= 0.6 is 11.6 Å². The number of alkyl halides is 1. The second-order valence-corrected chi connectivity index (χ2v) is 6.13. The number of nitrogens with zero attached hydrogens (tertiary/aromatic N) is 1. The van der Waals surface area contributed by atoms with Gasteiger partial charge in [-0.1, -0.05) is 12.1 Å². The Hall–Kier alpha value is -1.60. The summed E-state index contributed by atoms with van der Waals surface area (Å²) in [5.41, 5.74) is 1.60. The molecule has 0 saturated carbocycles. The average molecular weight is 332 g/mol. The molecule has 0 radical (unpaired) electrons. The molecule has 0 saturated heterocycles. The minimum Gasteiger partial charge on any atom is -0.478 e. The summed E-state index contributed by atoms with van der Waals surface area (Å²) in [5, 5.41) is 13.2. The van der Waals surface area contributed by atoms with Crippen molar-refractivity contribution in [2.45, 2.75) is 26.4 Å². The maximum Gasteiger partial charge on any atom is 0.336 e. The van der Waals surface area contributed by atoms with Crippen LogP contribution in [0.15, 0.2) is 28.0 Å². The minimum absolute atomic E-state index is 0.0324. The Morgan fingerprint density at radius 3 is 2.71 bits per heavy atom. The molecule has 2 atom stereocenters. The first-order valence-corrected chi connectivity index (χ1v) is 7.89. The predicted molar refractivity (Wildman–Crippen MR) is 79.2 cm³/mol. The number of allylic oxidation sites excluding steroid dienone is 2. The van der Waals surface area contributed by atoms with Crippen molar-refractivity contribution in [1.29, 1.82) is 0 Å². The number of carbonyl (C=O) groups is 1. The lowest BCUT2D eigenvalue weighted by atomic mass is 9.81. The van der Waals surface area contributed by atoms with E-state index in [0.717, 1.165) is 0 Å². The Morgan fingerprint density at radius 1 is 1.57 bits per heavy atom. The van der Waals surface area contributed by atoms with Gasteiger partial charge in [0.2, 0.25) is 10.3 Å². The number of carboxylic acid groups (broad SMARTS) is 1. The zero-order valence-electron chi connectivity index (χ0n) is 11.5. The third-order valence-electron chi connectivity index (χ3n) is 3.59. The zero-order valence-corrected chi connectivity index (χ0v) is 13.0. The summed E-state index contributed by atoms with van der Waals surface area (Å²) < 4.78 is 22.7. The molecule has 21 heavy (non-hydrogen) atoms. The van der Waals surface area contributed by atoms with E-state index >= 15 is 0 Å². The normalized spacial score (nSPS) is 25.4. The van der Waals surface area contributed by atoms with Crippen molar-refractivity contribution in [1.82, 2.24) is 0 Å². The van der Waals surface area contributed by atoms with Crippen LogP contribution < -0.4 is 0 Å². The van der Waals surface area contributed by atoms with Crippen LogP contribution in [0.25, 0.3) is 0 Å². The van der Waals surface area contributed by atoms with E-state index < -0.39 is 22.2 Å². The van der Waals surface area contributed by atoms with Gasteiger partial charge in [0.05, 0.1) is 22.0 Å². The molecule has 0 amide bonds. The first-order valence-electron chi connectivity index (χ1n) is 6.28. The lowest BCUT2D eigenvalue weighted by Crippen LogP contribution is -2.26. The van der Waals surface area contributed by atoms with Gasteiger partial charge in [-0.25, -0.2) is 4.79 Å². The number of halogens is 1. The third-order valence-corrected chi connectivity index (χ3v) is 4.79. The molecule has 0 bridgehead atoms. The van der Waals surface area contributed by atoms with E-state index in [4.69, 9.17) is 16.4 Å². The molecule has 2 rings (SSSR count). The van der Waals surface area contributed by atoms with Gasteiger partial charge in [0, 0.05) is 12.3 Å². The molecule has 1 aliphatic carbocycles. The Labute approximate surface area is 128 Å². The van der Waals surface area contributed by atoms with Crippen molar-refractivity contribution in [2.24, 2.45) is 11.1 Å². The maximum absolute atomic E-state index is 11.3. The van der Waals surface area contributed by atoms with Crippen molar-refractivity contribution in [3.05, 3.63) is 22.8 Å². The van der Waals surface area contributed by atoms with Crippen molar-refractivity contribution in [2.75, 3.05) is 5.88 Å². The summed E-state index contributed by atoms with van der Waals surface area (Å²) in [7, 11) is -2.49. The highest BCUT2D eigenvalue weighted by molar-refractivity contribution is 7.73. The molecular weight excluding hydrogens is 318 g/mol. The van der Waals surface area contributed by atoms with Gasteiger partial charge in [-0.15, -0.1) is 11.6 Å². The predicted octanol–water partition coefficient (Wildman–Crippen LogP) is 1.40. The van der Waals surface area contributed by atoms with E-state index in [9.17, 15) is 18.3 Å². The fraction of sp³-hybridized carbons (Fsp3) is 0.462. The van der Waals surface area contributed by atoms with Crippen molar-refractivity contribution in [3.8, 4) is 0 Å². The quantitative estimate of drug-likeness (QED) is 0.623. The topological polar surface area (TPSA) is 93.0 Å². The number of hydrogen-bond donors (Lipinski definition) is 1. The molecule has 0 aromatic heterocycles. The number of aliphatic carboxylic acids is 1. The van der Waals surface area contributed by atoms with Gasteiger partial charge in [0.15, 0.2) is 0 Å². The third kappa shape index (κ3) is 2.89. The van der Waals surface area contributed by atoms with Gasteiger partial charge < -0.3 is 9.94 Å². The lowest BCUT2D eigenvalue weighted by Gasteiger charge is -2.23. The van der Waals surface area contributed by atoms with Crippen LogP contribution in [0.4, 0.5) is 0 Å². The second-order valence-electron chi connectivity index (χ2n) is 4.88. The molecule has 1 aliphatic heterocycles. The lowest BCUT2D eigenvalue weighted by molar-refractivity contribution is -0.132. The van der Waals surface area contributed by atoms with E-state index in [2.05, 4.69) is 5.16 Å². The summed E-state index contributed by atoms with van der Waals surface area (Å²) in [6, 6.07) is 0. The largest absolute Gasteiger partial charge is 0.478 e. The standard InChI is InChI=1S/C13H14ClNO5S/c1-6-9(13(16)17)4-11(21(18)19)7(2)12(6)10-3-8(5-14)20-15-10/h4,7-8H,3,5H2,1-2H3,(H,16,17). The van der Waals surface area contributed by atoms with Crippen LogP contribution in [0.5, 0.6) is 0 Å². The molecule has 2 unspecified atom stereocenters. The van der Waals surface area contributed by atoms with Crippen LogP contribution in [-0.4, -0.2) is 42.1 Å². The van der Waals surface area contributed by atoms with Crippen molar-refractivity contribution >= 4 is 38.4 Å². The van der Waals surface area contributed by atoms with E-state index in [0.29, 0.717) is 23.3 Å². The molecule has 0 aromatic carbocycles. The van der Waals surface area contributed by atoms with Gasteiger partial charge in [-0.3, -0.25) is 0 Å². The number of hydrogen-bond acceptors (Lipinski definition) is 5. The highest BCUT2D eigenvalue weighted by atomic mass is 35.5. The minimum atomic E-state index is -2.49. The van der Waals surface area contributed by atoms with Crippen molar-refractivity contribution in [3.63, 3.8) is 0 Å². The first kappa shape index (κ1) is 15.8. The van der Waals surface area contributed by atoms with Crippen LogP contribution in [-0.2, 0) is 19.9 Å². The maximum atomic E-state index is 11.3. The summed E-state index contributed by atoms with van der Waals surface area (Å²) in [6.07, 6.45) is 1.37. The Balaban J connectivity index is 2.57. The molecule has 2 aliphatic rings. The van der Waals surface area contributed by atoms with Gasteiger partial charge in [-0.05, 0) is 24.1 Å². The zero-order chi connectivity index (χ0) is 15.7. The van der Waals surface area contributed by atoms with Crippen LogP contribution in [0, 0.1) is 5.92 Å². The highest BCUT2D eigenvalue weighted by Crippen LogP contribution is 2.32. The molecule has 0 fully saturated rings. The second kappa shape index (κ2) is 6.03. The molecule has 1 heterocycles. The van der Waals surface area contributed by atoms with E-state index in [1.807, 2.05) is 0 Å². The van der Waals surface area contributed by atoms with Crippen LogP contribution in [0.2, 0.25) is 0 Å². The highest BCUT2D eigenvalue weighted by Gasteiger charge is 2.34. The summed E-state index contributed by atoms with van der Waals surface area (Å²) >= 11 is 5.72. The first-order chi connectivity index (χ1) is 9.86. The molecule has 1 N–H and O–H groups in total. The molecule has 6 nitrogen and oxygen atoms in total. The van der Waals surface area contributed by atoms with E-state index in [1.165, 1.54) is 6.08 Å². The molecule has 114 valence electrons.